The van der Waals surface area contributed by atoms with E-state index in [0.717, 1.165) is 78.3 Å². The van der Waals surface area contributed by atoms with E-state index in [1.165, 1.54) is 130 Å². The van der Waals surface area contributed by atoms with Gasteiger partial charge in [0.1, 0.15) is 0 Å². The van der Waals surface area contributed by atoms with E-state index >= 15 is 0 Å². The number of benzene rings is 18. The van der Waals surface area contributed by atoms with E-state index in [2.05, 4.69) is 351 Å². The Morgan fingerprint density at radius 2 is 0.574 bits per heavy atom. The normalized spacial score (nSPS) is 12.7. The fraction of sp³-hybridized carbons (Fsp3) is 0.0484. The van der Waals surface area contributed by atoms with E-state index in [9.17, 15) is 0 Å². The number of rotatable bonds is 12. The Bertz CT molecular complexity index is 8830. The van der Waals surface area contributed by atoms with Crippen LogP contribution in [-0.2, 0) is 10.8 Å². The molecule has 0 radical (unpaired) electrons. The lowest BCUT2D eigenvalue weighted by atomic mass is 9.82. The van der Waals surface area contributed by atoms with Crippen molar-refractivity contribution in [3.63, 3.8) is 0 Å². The van der Waals surface area contributed by atoms with Gasteiger partial charge < -0.3 is 9.13 Å². The summed E-state index contributed by atoms with van der Waals surface area (Å²) in [5.41, 5.74) is 31.7. The molecule has 11 nitrogen and oxygen atoms in total. The second-order valence-electron chi connectivity index (χ2n) is 36.1. The maximum absolute atomic E-state index is 5.16. The first kappa shape index (κ1) is 80.7. The third kappa shape index (κ3) is 13.9. The van der Waals surface area contributed by atoms with Crippen molar-refractivity contribution in [3.05, 3.63) is 465 Å². The quantitative estimate of drug-likeness (QED) is 0.119. The maximum atomic E-state index is 5.16. The molecule has 25 aromatic rings. The van der Waals surface area contributed by atoms with Gasteiger partial charge in [-0.05, 0) is 159 Å². The molecule has 0 saturated heterocycles. The van der Waals surface area contributed by atoms with Crippen molar-refractivity contribution in [2.45, 2.75) is 38.5 Å². The predicted octanol–water partition coefficient (Wildman–Crippen LogP) is 31.5. The van der Waals surface area contributed by atoms with Gasteiger partial charge in [0, 0.05) is 119 Å². The molecule has 2 aliphatic rings. The molecular formula is C124H85N11S. The van der Waals surface area contributed by atoms with Crippen molar-refractivity contribution in [3.8, 4) is 142 Å². The number of aromatic nitrogens is 11. The summed E-state index contributed by atoms with van der Waals surface area (Å²) in [5.74, 6) is 4.57. The molecule has 0 amide bonds. The predicted molar refractivity (Wildman–Crippen MR) is 562 cm³/mol. The minimum atomic E-state index is -0.139. The number of nitrogens with zero attached hydrogens (tertiary/aromatic N) is 11. The number of thiophene rings is 1. The zero-order chi connectivity index (χ0) is 90.7. The van der Waals surface area contributed by atoms with Crippen molar-refractivity contribution in [2.75, 3.05) is 0 Å². The zero-order valence-electron chi connectivity index (χ0n) is 75.0. The van der Waals surface area contributed by atoms with E-state index in [1.807, 2.05) is 145 Å². The van der Waals surface area contributed by atoms with Gasteiger partial charge in [0.2, 0.25) is 5.95 Å². The van der Waals surface area contributed by atoms with Crippen LogP contribution in [0, 0.1) is 0 Å². The summed E-state index contributed by atoms with van der Waals surface area (Å²) < 4.78 is 9.68. The van der Waals surface area contributed by atoms with Crippen LogP contribution in [0.5, 0.6) is 0 Å². The van der Waals surface area contributed by atoms with Crippen LogP contribution in [0.25, 0.3) is 227 Å². The molecule has 0 fully saturated rings. The van der Waals surface area contributed by atoms with E-state index in [4.69, 9.17) is 39.9 Å². The molecule has 18 aromatic carbocycles. The van der Waals surface area contributed by atoms with Crippen LogP contribution in [0.15, 0.2) is 443 Å². The molecule has 0 aliphatic heterocycles. The van der Waals surface area contributed by atoms with Crippen LogP contribution in [0.4, 0.5) is 0 Å². The molecule has 0 saturated carbocycles. The molecule has 27 rings (SSSR count). The largest absolute Gasteiger partial charge is 0.309 e. The summed E-state index contributed by atoms with van der Waals surface area (Å²) in [5, 5.41) is 10.1. The van der Waals surface area contributed by atoms with Crippen LogP contribution < -0.4 is 0 Å². The van der Waals surface area contributed by atoms with Crippen LogP contribution in [0.1, 0.15) is 49.9 Å². The van der Waals surface area contributed by atoms with Crippen molar-refractivity contribution in [2.24, 2.45) is 0 Å². The van der Waals surface area contributed by atoms with Gasteiger partial charge in [-0.1, -0.05) is 367 Å². The molecule has 0 atom stereocenters. The van der Waals surface area contributed by atoms with Gasteiger partial charge in [0.05, 0.1) is 44.5 Å². The van der Waals surface area contributed by atoms with Gasteiger partial charge in [-0.2, -0.15) is 9.97 Å². The second-order valence-corrected chi connectivity index (χ2v) is 37.1. The first-order valence-electron chi connectivity index (χ1n) is 46.2. The average molecular weight is 1760 g/mol. The van der Waals surface area contributed by atoms with E-state index in [-0.39, 0.29) is 10.8 Å². The third-order valence-electron chi connectivity index (χ3n) is 27.3. The lowest BCUT2D eigenvalue weighted by molar-refractivity contribution is 0.661. The molecule has 136 heavy (non-hydrogen) atoms. The number of hydrogen-bond acceptors (Lipinski definition) is 9. The lowest BCUT2D eigenvalue weighted by Gasteiger charge is -2.21. The molecular weight excluding hydrogens is 1680 g/mol. The summed E-state index contributed by atoms with van der Waals surface area (Å²) in [6.07, 6.45) is 0. The first-order chi connectivity index (χ1) is 66.9. The van der Waals surface area contributed by atoms with Gasteiger partial charge in [-0.3, -0.25) is 4.57 Å². The molecule has 12 heteroatoms. The summed E-state index contributed by atoms with van der Waals surface area (Å²) in [6.45, 7) is 9.33. The minimum Gasteiger partial charge on any atom is -0.309 e. The Hall–Kier alpha value is -17.3. The van der Waals surface area contributed by atoms with Crippen LogP contribution in [0.2, 0.25) is 0 Å². The molecule has 7 aromatic heterocycles. The van der Waals surface area contributed by atoms with Gasteiger partial charge in [-0.15, -0.1) is 11.3 Å². The summed E-state index contributed by atoms with van der Waals surface area (Å²) >= 11 is 1.88. The average Bonchev–Trinajstić information content (AvgIpc) is 1.56. The Kier molecular flexibility index (Phi) is 19.5. The number of para-hydroxylation sites is 2. The third-order valence-corrected chi connectivity index (χ3v) is 28.5. The highest BCUT2D eigenvalue weighted by atomic mass is 32.1. The highest BCUT2D eigenvalue weighted by molar-refractivity contribution is 7.26. The smallest absolute Gasteiger partial charge is 0.238 e. The summed E-state index contributed by atoms with van der Waals surface area (Å²) in [6, 6.07) is 156. The van der Waals surface area contributed by atoms with Crippen LogP contribution in [0.3, 0.4) is 0 Å². The van der Waals surface area contributed by atoms with Gasteiger partial charge >= 0.3 is 0 Å². The van der Waals surface area contributed by atoms with E-state index in [0.29, 0.717) is 40.9 Å². The van der Waals surface area contributed by atoms with Crippen molar-refractivity contribution < 1.29 is 0 Å². The monoisotopic (exact) mass is 1760 g/mol. The SMILES string of the molecule is CC1(C)c2ccccc2-c2cc3c4cc(-c5ccccc5)ccc4n(-c4nc(-c5ccccc5)nc(-c5ccccc5)n4)c3cc21.CC1(C)c2ccccc2-c2cc3c4ccccc4n(-c4cccc(-c5nc(-c6ccccc6)nc(-c6ccccc6)n5)c4)c3cc21.c1ccc(-c2cc(-c3ccccc3)nc(-c3ccc(-n4c5ccccc5c5c6sc7ccccc7c6ccc54)cc3)n2)cc1. The molecule has 642 valence electrons. The van der Waals surface area contributed by atoms with Crippen LogP contribution in [-0.4, -0.2) is 53.6 Å². The Morgan fingerprint density at radius 1 is 0.199 bits per heavy atom. The number of fused-ring (bicyclic) bond motifs is 19. The van der Waals surface area contributed by atoms with Crippen LogP contribution >= 0.6 is 11.3 Å². The summed E-state index contributed by atoms with van der Waals surface area (Å²) in [4.78, 5) is 40.3. The summed E-state index contributed by atoms with van der Waals surface area (Å²) in [7, 11) is 0. The van der Waals surface area contributed by atoms with Crippen molar-refractivity contribution in [1.82, 2.24) is 53.6 Å². The lowest BCUT2D eigenvalue weighted by Crippen LogP contribution is -2.15. The van der Waals surface area contributed by atoms with Crippen molar-refractivity contribution >= 4 is 96.9 Å². The standard InChI is InChI=1S/2C42H30N4.C40H25N3S/c1-42(2)35-21-13-12-20-31(35)32-25-34-33-24-30(27-14-6-3-7-15-27)22-23-37(33)46(38(34)26-36(32)42)41-44-39(28-16-8-4-9-17-28)43-40(45-41)29-18-10-5-11-19-29;1-42(2)35-22-11-9-20-31(35)33-25-34-32-21-10-12-23-37(32)46(38(34)26-36(33)42)30-19-13-18-29(24-30)41-44-39(27-14-5-3-6-15-27)43-40(45-41)28-16-7-4-8-17-28;1-3-11-26(12-4-1)33-25-34(27-13-5-2-6-14-27)42-40(41-33)28-19-21-29(22-20-28)43-35-17-9-7-16-32(35)38-36(43)24-23-31-30-15-8-10-18-37(30)44-39(31)38/h2*3-26H,1-2H3;1-25H. The van der Waals surface area contributed by atoms with E-state index in [1.54, 1.807) is 0 Å². The zero-order valence-corrected chi connectivity index (χ0v) is 75.8. The molecule has 0 bridgehead atoms. The highest BCUT2D eigenvalue weighted by Crippen LogP contribution is 2.54. The maximum Gasteiger partial charge on any atom is 0.238 e. The number of hydrogen-bond donors (Lipinski definition) is 0. The Labute approximate surface area is 790 Å². The molecule has 0 N–H and O–H groups in total. The fourth-order valence-corrected chi connectivity index (χ4v) is 21.9. The molecule has 0 spiro atoms. The highest BCUT2D eigenvalue weighted by Gasteiger charge is 2.39. The van der Waals surface area contributed by atoms with Gasteiger partial charge in [0.25, 0.3) is 0 Å². The minimum absolute atomic E-state index is 0.0875. The topological polar surface area (TPSA) is 118 Å². The second kappa shape index (κ2) is 32.9. The Balaban J connectivity index is 0.000000109. The van der Waals surface area contributed by atoms with Gasteiger partial charge in [-0.25, -0.2) is 29.9 Å². The molecule has 7 heterocycles. The fourth-order valence-electron chi connectivity index (χ4n) is 20.7. The molecule has 2 aliphatic carbocycles. The van der Waals surface area contributed by atoms with Gasteiger partial charge in [0.15, 0.2) is 34.9 Å². The van der Waals surface area contributed by atoms with E-state index < -0.39 is 0 Å². The first-order valence-corrected chi connectivity index (χ1v) is 47.0. The van der Waals surface area contributed by atoms with Crippen molar-refractivity contribution in [1.29, 1.82) is 0 Å². The Morgan fingerprint density at radius 3 is 1.11 bits per heavy atom. The molecule has 0 unspecified atom stereocenters.